The fraction of sp³-hybridized carbons (Fsp3) is 0.250. The number of benzene rings is 1. The van der Waals surface area contributed by atoms with E-state index in [9.17, 15) is 9.18 Å². The SMILES string of the molecule is CN(C)CC(=O)c1cc2cccc(F)c2o1. The van der Waals surface area contributed by atoms with Gasteiger partial charge < -0.3 is 9.32 Å². The van der Waals surface area contributed by atoms with Crippen LogP contribution in [-0.4, -0.2) is 31.3 Å². The zero-order chi connectivity index (χ0) is 11.7. The average molecular weight is 221 g/mol. The van der Waals surface area contributed by atoms with Crippen molar-refractivity contribution in [2.24, 2.45) is 0 Å². The number of nitrogens with zero attached hydrogens (tertiary/aromatic N) is 1. The van der Waals surface area contributed by atoms with E-state index in [1.165, 1.54) is 6.07 Å². The summed E-state index contributed by atoms with van der Waals surface area (Å²) in [7, 11) is 3.59. The lowest BCUT2D eigenvalue weighted by Crippen LogP contribution is -2.21. The van der Waals surface area contributed by atoms with E-state index in [2.05, 4.69) is 0 Å². The van der Waals surface area contributed by atoms with E-state index in [-0.39, 0.29) is 23.7 Å². The molecule has 0 aliphatic rings. The lowest BCUT2D eigenvalue weighted by Gasteiger charge is -2.05. The third-order valence-electron chi connectivity index (χ3n) is 2.23. The van der Waals surface area contributed by atoms with Gasteiger partial charge in [0.1, 0.15) is 0 Å². The van der Waals surface area contributed by atoms with E-state index in [0.717, 1.165) is 0 Å². The van der Waals surface area contributed by atoms with Crippen LogP contribution < -0.4 is 0 Å². The highest BCUT2D eigenvalue weighted by atomic mass is 19.1. The van der Waals surface area contributed by atoms with Crippen LogP contribution in [-0.2, 0) is 0 Å². The molecule has 0 radical (unpaired) electrons. The molecule has 2 rings (SSSR count). The number of Topliss-reactive ketones (excluding diaryl/α,β-unsaturated/α-hetero) is 1. The van der Waals surface area contributed by atoms with Crippen molar-refractivity contribution in [3.05, 3.63) is 35.8 Å². The minimum Gasteiger partial charge on any atom is -0.450 e. The number of para-hydroxylation sites is 1. The Labute approximate surface area is 92.5 Å². The summed E-state index contributed by atoms with van der Waals surface area (Å²) >= 11 is 0. The van der Waals surface area contributed by atoms with Crippen LogP contribution in [0.15, 0.2) is 28.7 Å². The third kappa shape index (κ3) is 1.97. The first-order valence-electron chi connectivity index (χ1n) is 4.94. The summed E-state index contributed by atoms with van der Waals surface area (Å²) in [5, 5.41) is 0.613. The number of ketones is 1. The molecule has 0 spiro atoms. The van der Waals surface area contributed by atoms with Crippen molar-refractivity contribution >= 4 is 16.8 Å². The normalized spacial score (nSPS) is 11.2. The van der Waals surface area contributed by atoms with Crippen LogP contribution >= 0.6 is 0 Å². The summed E-state index contributed by atoms with van der Waals surface area (Å²) in [6.45, 7) is 0.251. The number of hydrogen-bond acceptors (Lipinski definition) is 3. The van der Waals surface area contributed by atoms with Crippen LogP contribution in [0.2, 0.25) is 0 Å². The molecule has 0 unspecified atom stereocenters. The smallest absolute Gasteiger partial charge is 0.211 e. The van der Waals surface area contributed by atoms with Crippen molar-refractivity contribution in [2.75, 3.05) is 20.6 Å². The fourth-order valence-corrected chi connectivity index (χ4v) is 1.53. The van der Waals surface area contributed by atoms with Crippen molar-refractivity contribution in [3.8, 4) is 0 Å². The largest absolute Gasteiger partial charge is 0.450 e. The van der Waals surface area contributed by atoms with Gasteiger partial charge in [0.05, 0.1) is 6.54 Å². The Morgan fingerprint density at radius 1 is 1.44 bits per heavy atom. The molecule has 0 saturated heterocycles. The van der Waals surface area contributed by atoms with Gasteiger partial charge in [-0.1, -0.05) is 12.1 Å². The van der Waals surface area contributed by atoms with Gasteiger partial charge in [0.25, 0.3) is 0 Å². The molecule has 1 aromatic carbocycles. The standard InChI is InChI=1S/C12H12FNO2/c1-14(2)7-10(15)11-6-8-4-3-5-9(13)12(8)16-11/h3-6H,7H2,1-2H3. The molecule has 1 heterocycles. The van der Waals surface area contributed by atoms with Crippen LogP contribution in [0.3, 0.4) is 0 Å². The topological polar surface area (TPSA) is 33.5 Å². The van der Waals surface area contributed by atoms with Crippen LogP contribution in [0.1, 0.15) is 10.6 Å². The zero-order valence-electron chi connectivity index (χ0n) is 9.16. The molecule has 0 amide bonds. The second-order valence-electron chi connectivity index (χ2n) is 3.93. The second-order valence-corrected chi connectivity index (χ2v) is 3.93. The molecular formula is C12H12FNO2. The van der Waals surface area contributed by atoms with Gasteiger partial charge in [-0.15, -0.1) is 0 Å². The number of halogens is 1. The van der Waals surface area contributed by atoms with Crippen molar-refractivity contribution < 1.29 is 13.6 Å². The highest BCUT2D eigenvalue weighted by Gasteiger charge is 2.14. The number of rotatable bonds is 3. The van der Waals surface area contributed by atoms with E-state index in [4.69, 9.17) is 4.42 Å². The first-order chi connectivity index (χ1) is 7.58. The summed E-state index contributed by atoms with van der Waals surface area (Å²) < 4.78 is 18.5. The second kappa shape index (κ2) is 4.06. The molecule has 4 heteroatoms. The van der Waals surface area contributed by atoms with Crippen LogP contribution in [0.5, 0.6) is 0 Å². The predicted octanol–water partition coefficient (Wildman–Crippen LogP) is 2.32. The predicted molar refractivity (Wildman–Crippen MR) is 59.1 cm³/mol. The van der Waals surface area contributed by atoms with E-state index in [1.54, 1.807) is 37.2 Å². The lowest BCUT2D eigenvalue weighted by molar-refractivity contribution is 0.0932. The Hall–Kier alpha value is -1.68. The van der Waals surface area contributed by atoms with Crippen LogP contribution in [0.25, 0.3) is 11.0 Å². The molecule has 0 atom stereocenters. The monoisotopic (exact) mass is 221 g/mol. The average Bonchev–Trinajstić information content (AvgIpc) is 2.61. The van der Waals surface area contributed by atoms with Crippen molar-refractivity contribution in [3.63, 3.8) is 0 Å². The fourth-order valence-electron chi connectivity index (χ4n) is 1.53. The molecule has 84 valence electrons. The van der Waals surface area contributed by atoms with Gasteiger partial charge in [0.15, 0.2) is 17.2 Å². The number of carbonyl (C=O) groups excluding carboxylic acids is 1. The molecule has 3 nitrogen and oxygen atoms in total. The Bertz CT molecular complexity index is 531. The number of fused-ring (bicyclic) bond motifs is 1. The van der Waals surface area contributed by atoms with E-state index >= 15 is 0 Å². The molecule has 0 fully saturated rings. The molecule has 1 aromatic heterocycles. The highest BCUT2D eigenvalue weighted by Crippen LogP contribution is 2.22. The molecule has 0 aliphatic carbocycles. The maximum Gasteiger partial charge on any atom is 0.211 e. The van der Waals surface area contributed by atoms with Gasteiger partial charge in [-0.3, -0.25) is 4.79 Å². The number of hydrogen-bond donors (Lipinski definition) is 0. The lowest BCUT2D eigenvalue weighted by atomic mass is 10.2. The molecule has 2 aromatic rings. The Morgan fingerprint density at radius 2 is 2.19 bits per heavy atom. The van der Waals surface area contributed by atoms with Crippen LogP contribution in [0, 0.1) is 5.82 Å². The number of furan rings is 1. The summed E-state index contributed by atoms with van der Waals surface area (Å²) in [4.78, 5) is 13.4. The molecule has 16 heavy (non-hydrogen) atoms. The molecule has 0 aliphatic heterocycles. The molecule has 0 bridgehead atoms. The van der Waals surface area contributed by atoms with Crippen molar-refractivity contribution in [2.45, 2.75) is 0 Å². The van der Waals surface area contributed by atoms with Gasteiger partial charge in [0.2, 0.25) is 5.78 Å². The van der Waals surface area contributed by atoms with Crippen molar-refractivity contribution in [1.29, 1.82) is 0 Å². The summed E-state index contributed by atoms with van der Waals surface area (Å²) in [5.74, 6) is -0.393. The Balaban J connectivity index is 2.40. The van der Waals surface area contributed by atoms with Gasteiger partial charge >= 0.3 is 0 Å². The zero-order valence-corrected chi connectivity index (χ0v) is 9.16. The van der Waals surface area contributed by atoms with Crippen LogP contribution in [0.4, 0.5) is 4.39 Å². The summed E-state index contributed by atoms with van der Waals surface area (Å²) in [6, 6.07) is 6.19. The Kier molecular flexibility index (Phi) is 2.75. The van der Waals surface area contributed by atoms with E-state index in [0.29, 0.717) is 5.39 Å². The minimum atomic E-state index is -0.443. The maximum atomic E-state index is 13.3. The summed E-state index contributed by atoms with van der Waals surface area (Å²) in [5.41, 5.74) is 0.143. The van der Waals surface area contributed by atoms with Gasteiger partial charge in [-0.25, -0.2) is 4.39 Å². The quantitative estimate of drug-likeness (QED) is 0.746. The van der Waals surface area contributed by atoms with E-state index in [1.807, 2.05) is 0 Å². The van der Waals surface area contributed by atoms with Crippen molar-refractivity contribution in [1.82, 2.24) is 4.90 Å². The molecule has 0 N–H and O–H groups in total. The highest BCUT2D eigenvalue weighted by molar-refractivity contribution is 5.98. The number of likely N-dealkylation sites (N-methyl/N-ethyl adjacent to an activating group) is 1. The van der Waals surface area contributed by atoms with Gasteiger partial charge in [-0.2, -0.15) is 0 Å². The first kappa shape index (κ1) is 10.8. The minimum absolute atomic E-state index is 0.143. The third-order valence-corrected chi connectivity index (χ3v) is 2.23. The Morgan fingerprint density at radius 3 is 2.81 bits per heavy atom. The number of carbonyl (C=O) groups is 1. The summed E-state index contributed by atoms with van der Waals surface area (Å²) in [6.07, 6.45) is 0. The van der Waals surface area contributed by atoms with Gasteiger partial charge in [-0.05, 0) is 26.2 Å². The first-order valence-corrected chi connectivity index (χ1v) is 4.94. The maximum absolute atomic E-state index is 13.3. The molecular weight excluding hydrogens is 209 g/mol. The molecule has 0 saturated carbocycles. The van der Waals surface area contributed by atoms with E-state index < -0.39 is 5.82 Å². The van der Waals surface area contributed by atoms with Gasteiger partial charge in [0, 0.05) is 5.39 Å².